The van der Waals surface area contributed by atoms with Gasteiger partial charge < -0.3 is 10.4 Å². The Morgan fingerprint density at radius 2 is 1.95 bits per heavy atom. The summed E-state index contributed by atoms with van der Waals surface area (Å²) in [6, 6.07) is 8.49. The van der Waals surface area contributed by atoms with E-state index in [1.165, 1.54) is 18.5 Å². The van der Waals surface area contributed by atoms with Gasteiger partial charge in [0.15, 0.2) is 0 Å². The normalized spacial score (nSPS) is 9.95. The molecule has 2 rings (SSSR count). The summed E-state index contributed by atoms with van der Waals surface area (Å²) in [6.45, 7) is 0. The van der Waals surface area contributed by atoms with Crippen LogP contribution < -0.4 is 5.32 Å². The van der Waals surface area contributed by atoms with Crippen molar-refractivity contribution in [2.45, 2.75) is 0 Å². The number of carboxylic acids is 1. The minimum absolute atomic E-state index is 0.0283. The number of benzene rings is 1. The molecule has 0 radical (unpaired) electrons. The van der Waals surface area contributed by atoms with Gasteiger partial charge in [0.25, 0.3) is 5.91 Å². The van der Waals surface area contributed by atoms with E-state index in [9.17, 15) is 9.59 Å². The van der Waals surface area contributed by atoms with E-state index >= 15 is 0 Å². The first-order valence-corrected chi connectivity index (χ1v) is 6.40. The van der Waals surface area contributed by atoms with E-state index < -0.39 is 5.97 Å². The number of nitrogens with one attached hydrogen (secondary N) is 1. The van der Waals surface area contributed by atoms with Crippen molar-refractivity contribution in [3.05, 3.63) is 57.4 Å². The molecule has 5 nitrogen and oxygen atoms in total. The maximum atomic E-state index is 12.0. The van der Waals surface area contributed by atoms with Crippen LogP contribution >= 0.6 is 22.6 Å². The Balaban J connectivity index is 2.22. The predicted octanol–water partition coefficient (Wildman–Crippen LogP) is 2.64. The molecule has 0 spiro atoms. The summed E-state index contributed by atoms with van der Waals surface area (Å²) in [7, 11) is 0. The molecular formula is C13H9IN2O3. The van der Waals surface area contributed by atoms with Crippen molar-refractivity contribution in [2.24, 2.45) is 0 Å². The van der Waals surface area contributed by atoms with Gasteiger partial charge in [-0.15, -0.1) is 0 Å². The molecule has 0 saturated heterocycles. The molecule has 2 aromatic rings. The molecule has 1 heterocycles. The summed E-state index contributed by atoms with van der Waals surface area (Å²) in [5, 5.41) is 11.5. The van der Waals surface area contributed by atoms with E-state index in [-0.39, 0.29) is 11.5 Å². The molecule has 19 heavy (non-hydrogen) atoms. The average molecular weight is 368 g/mol. The number of aromatic carboxylic acids is 1. The Morgan fingerprint density at radius 3 is 2.63 bits per heavy atom. The van der Waals surface area contributed by atoms with Gasteiger partial charge >= 0.3 is 5.97 Å². The zero-order valence-electron chi connectivity index (χ0n) is 9.63. The zero-order chi connectivity index (χ0) is 13.8. The first-order valence-electron chi connectivity index (χ1n) is 5.32. The molecule has 0 saturated carbocycles. The number of pyridine rings is 1. The van der Waals surface area contributed by atoms with Gasteiger partial charge in [-0.05, 0) is 40.8 Å². The number of rotatable bonds is 3. The molecule has 96 valence electrons. The van der Waals surface area contributed by atoms with Gasteiger partial charge in [-0.1, -0.05) is 12.1 Å². The van der Waals surface area contributed by atoms with Gasteiger partial charge in [0, 0.05) is 9.77 Å². The second-order valence-corrected chi connectivity index (χ2v) is 4.86. The average Bonchev–Trinajstić information content (AvgIpc) is 2.39. The van der Waals surface area contributed by atoms with Crippen molar-refractivity contribution < 1.29 is 14.7 Å². The molecule has 0 bridgehead atoms. The highest BCUT2D eigenvalue weighted by Gasteiger charge is 2.11. The summed E-state index contributed by atoms with van der Waals surface area (Å²) in [5.74, 6) is -1.38. The fourth-order valence-electron chi connectivity index (χ4n) is 1.47. The number of carbonyl (C=O) groups is 2. The highest BCUT2D eigenvalue weighted by molar-refractivity contribution is 14.1. The maximum Gasteiger partial charge on any atom is 0.337 e. The minimum atomic E-state index is -1.09. The van der Waals surface area contributed by atoms with E-state index in [1.807, 2.05) is 12.1 Å². The smallest absolute Gasteiger partial charge is 0.337 e. The van der Waals surface area contributed by atoms with Gasteiger partial charge in [-0.3, -0.25) is 9.78 Å². The third-order valence-corrected chi connectivity index (χ3v) is 3.30. The van der Waals surface area contributed by atoms with E-state index in [2.05, 4.69) is 32.9 Å². The molecule has 0 unspecified atom stereocenters. The van der Waals surface area contributed by atoms with Crippen LogP contribution in [0.5, 0.6) is 0 Å². The molecule has 1 amide bonds. The summed E-state index contributed by atoms with van der Waals surface area (Å²) in [5.41, 5.74) is 0.911. The number of amides is 1. The predicted molar refractivity (Wildman–Crippen MR) is 78.3 cm³/mol. The van der Waals surface area contributed by atoms with Crippen LogP contribution in [0.15, 0.2) is 42.7 Å². The van der Waals surface area contributed by atoms with Crippen LogP contribution in [0.4, 0.5) is 5.69 Å². The lowest BCUT2D eigenvalue weighted by molar-refractivity contribution is 0.0696. The van der Waals surface area contributed by atoms with E-state index in [1.54, 1.807) is 12.1 Å². The van der Waals surface area contributed by atoms with Gasteiger partial charge in [0.1, 0.15) is 0 Å². The molecule has 0 fully saturated rings. The van der Waals surface area contributed by atoms with Crippen LogP contribution in [0.1, 0.15) is 20.7 Å². The highest BCUT2D eigenvalue weighted by atomic mass is 127. The first-order chi connectivity index (χ1) is 9.08. The summed E-state index contributed by atoms with van der Waals surface area (Å²) in [4.78, 5) is 26.6. The topological polar surface area (TPSA) is 79.3 Å². The fraction of sp³-hybridized carbons (Fsp3) is 0. The van der Waals surface area contributed by atoms with Crippen molar-refractivity contribution in [1.82, 2.24) is 4.98 Å². The van der Waals surface area contributed by atoms with Crippen molar-refractivity contribution >= 4 is 40.2 Å². The Hall–Kier alpha value is -1.96. The molecule has 1 aromatic heterocycles. The Kier molecular flexibility index (Phi) is 4.10. The van der Waals surface area contributed by atoms with Crippen LogP contribution in [0.2, 0.25) is 0 Å². The lowest BCUT2D eigenvalue weighted by Crippen LogP contribution is -2.14. The second kappa shape index (κ2) is 5.79. The van der Waals surface area contributed by atoms with Crippen molar-refractivity contribution in [3.8, 4) is 0 Å². The number of carboxylic acid groups (broad SMARTS) is 1. The van der Waals surface area contributed by atoms with Crippen molar-refractivity contribution in [1.29, 1.82) is 0 Å². The Morgan fingerprint density at radius 1 is 1.21 bits per heavy atom. The van der Waals surface area contributed by atoms with Crippen LogP contribution in [0.25, 0.3) is 0 Å². The second-order valence-electron chi connectivity index (χ2n) is 3.70. The highest BCUT2D eigenvalue weighted by Crippen LogP contribution is 2.15. The van der Waals surface area contributed by atoms with Crippen LogP contribution in [-0.2, 0) is 0 Å². The van der Waals surface area contributed by atoms with Crippen LogP contribution in [0.3, 0.4) is 0 Å². The zero-order valence-corrected chi connectivity index (χ0v) is 11.8. The van der Waals surface area contributed by atoms with Gasteiger partial charge in [-0.25, -0.2) is 4.79 Å². The molecule has 0 aliphatic heterocycles. The van der Waals surface area contributed by atoms with Gasteiger partial charge in [0.05, 0.1) is 23.0 Å². The van der Waals surface area contributed by atoms with Crippen LogP contribution in [0, 0.1) is 3.57 Å². The van der Waals surface area contributed by atoms with E-state index in [0.29, 0.717) is 11.3 Å². The number of hydrogen-bond donors (Lipinski definition) is 2. The Labute approximate surface area is 122 Å². The summed E-state index contributed by atoms with van der Waals surface area (Å²) < 4.78 is 0.819. The molecule has 0 aliphatic rings. The van der Waals surface area contributed by atoms with Crippen molar-refractivity contribution in [2.75, 3.05) is 5.32 Å². The molecule has 0 aliphatic carbocycles. The number of carbonyl (C=O) groups excluding carboxylic acids is 1. The monoisotopic (exact) mass is 368 g/mol. The molecule has 2 N–H and O–H groups in total. The number of anilines is 1. The SMILES string of the molecule is O=C(O)c1cncc(NC(=O)c2ccccc2I)c1. The number of halogens is 1. The van der Waals surface area contributed by atoms with Gasteiger partial charge in [-0.2, -0.15) is 0 Å². The van der Waals surface area contributed by atoms with Crippen LogP contribution in [-0.4, -0.2) is 22.0 Å². The third kappa shape index (κ3) is 3.28. The number of nitrogens with zero attached hydrogens (tertiary/aromatic N) is 1. The fourth-order valence-corrected chi connectivity index (χ4v) is 2.10. The molecule has 0 atom stereocenters. The largest absolute Gasteiger partial charge is 0.478 e. The van der Waals surface area contributed by atoms with E-state index in [4.69, 9.17) is 5.11 Å². The summed E-state index contributed by atoms with van der Waals surface area (Å²) in [6.07, 6.45) is 2.63. The summed E-state index contributed by atoms with van der Waals surface area (Å²) >= 11 is 2.07. The number of aromatic nitrogens is 1. The van der Waals surface area contributed by atoms with E-state index in [0.717, 1.165) is 3.57 Å². The quantitative estimate of drug-likeness (QED) is 0.817. The van der Waals surface area contributed by atoms with Crippen molar-refractivity contribution in [3.63, 3.8) is 0 Å². The minimum Gasteiger partial charge on any atom is -0.478 e. The van der Waals surface area contributed by atoms with Gasteiger partial charge in [0.2, 0.25) is 0 Å². The lowest BCUT2D eigenvalue weighted by atomic mass is 10.2. The number of hydrogen-bond acceptors (Lipinski definition) is 3. The Bertz CT molecular complexity index is 643. The third-order valence-electron chi connectivity index (χ3n) is 2.36. The molecule has 1 aromatic carbocycles. The first kappa shape index (κ1) is 13.5. The standard InChI is InChI=1S/C13H9IN2O3/c14-11-4-2-1-3-10(11)12(17)16-9-5-8(13(18)19)6-15-7-9/h1-7H,(H,16,17)(H,18,19). The lowest BCUT2D eigenvalue weighted by Gasteiger charge is -2.06. The molecular weight excluding hydrogens is 359 g/mol. The maximum absolute atomic E-state index is 12.0. The molecule has 6 heteroatoms.